The normalized spacial score (nSPS) is 11.6. The summed E-state index contributed by atoms with van der Waals surface area (Å²) < 4.78 is 14.1. The van der Waals surface area contributed by atoms with Crippen LogP contribution in [0.5, 0.6) is 0 Å². The predicted molar refractivity (Wildman–Crippen MR) is 123 cm³/mol. The summed E-state index contributed by atoms with van der Waals surface area (Å²) in [5.41, 5.74) is 1.61. The highest BCUT2D eigenvalue weighted by molar-refractivity contribution is 5.87. The number of aromatic carboxylic acids is 1. The molecule has 4 aromatic rings. The average Bonchev–Trinajstić information content (AvgIpc) is 2.80. The van der Waals surface area contributed by atoms with E-state index in [2.05, 4.69) is 16.8 Å². The second-order valence-corrected chi connectivity index (χ2v) is 7.57. The first kappa shape index (κ1) is 21.8. The van der Waals surface area contributed by atoms with Crippen LogP contribution in [-0.4, -0.2) is 20.6 Å². The van der Waals surface area contributed by atoms with E-state index in [1.165, 1.54) is 24.3 Å². The van der Waals surface area contributed by atoms with Crippen LogP contribution in [-0.2, 0) is 6.42 Å². The Morgan fingerprint density at radius 1 is 1.06 bits per heavy atom. The maximum absolute atomic E-state index is 13.2. The molecule has 6 nitrogen and oxygen atoms in total. The van der Waals surface area contributed by atoms with E-state index in [0.29, 0.717) is 28.5 Å². The first-order valence-corrected chi connectivity index (χ1v) is 10.2. The molecule has 1 aromatic heterocycles. The fourth-order valence-electron chi connectivity index (χ4n) is 3.56. The summed E-state index contributed by atoms with van der Waals surface area (Å²) in [7, 11) is 0. The zero-order chi connectivity index (χ0) is 23.5. The van der Waals surface area contributed by atoms with Gasteiger partial charge in [-0.25, -0.2) is 14.0 Å². The Bertz CT molecular complexity index is 1520. The lowest BCUT2D eigenvalue weighted by Gasteiger charge is -2.15. The van der Waals surface area contributed by atoms with Gasteiger partial charge in [0.05, 0.1) is 22.5 Å². The van der Waals surface area contributed by atoms with E-state index in [1.807, 2.05) is 0 Å². The zero-order valence-corrected chi connectivity index (χ0v) is 17.6. The SMILES string of the molecule is CC(c1ccc(C(=O)O)cc1)n1c(=O)[nH]c2ccc(C#CCc3ccc(F)cc3)cc2c1=O. The van der Waals surface area contributed by atoms with Crippen molar-refractivity contribution in [1.29, 1.82) is 0 Å². The lowest BCUT2D eigenvalue weighted by Crippen LogP contribution is -2.37. The number of aromatic amines is 1. The van der Waals surface area contributed by atoms with Crippen LogP contribution in [0.3, 0.4) is 0 Å². The maximum atomic E-state index is 13.2. The number of carboxylic acid groups (broad SMARTS) is 1. The van der Waals surface area contributed by atoms with Crippen molar-refractivity contribution in [3.05, 3.63) is 116 Å². The smallest absolute Gasteiger partial charge is 0.335 e. The number of rotatable bonds is 4. The first-order chi connectivity index (χ1) is 15.8. The number of carbonyl (C=O) groups is 1. The molecule has 0 saturated heterocycles. The van der Waals surface area contributed by atoms with Gasteiger partial charge in [-0.3, -0.25) is 9.36 Å². The molecule has 0 aliphatic heterocycles. The fourth-order valence-corrected chi connectivity index (χ4v) is 3.56. The highest BCUT2D eigenvalue weighted by atomic mass is 19.1. The number of fused-ring (bicyclic) bond motifs is 1. The van der Waals surface area contributed by atoms with Gasteiger partial charge in [0.15, 0.2) is 0 Å². The summed E-state index contributed by atoms with van der Waals surface area (Å²) in [5.74, 6) is 4.65. The summed E-state index contributed by atoms with van der Waals surface area (Å²) >= 11 is 0. The number of nitrogens with zero attached hydrogens (tertiary/aromatic N) is 1. The minimum Gasteiger partial charge on any atom is -0.478 e. The third-order valence-corrected chi connectivity index (χ3v) is 5.40. The van der Waals surface area contributed by atoms with E-state index in [9.17, 15) is 18.8 Å². The van der Waals surface area contributed by atoms with Crippen molar-refractivity contribution in [2.24, 2.45) is 0 Å². The van der Waals surface area contributed by atoms with E-state index in [0.717, 1.165) is 10.1 Å². The molecule has 0 bridgehead atoms. The molecule has 0 aliphatic carbocycles. The summed E-state index contributed by atoms with van der Waals surface area (Å²) in [6.45, 7) is 1.70. The van der Waals surface area contributed by atoms with Gasteiger partial charge in [0.1, 0.15) is 5.82 Å². The molecule has 0 amide bonds. The molecule has 1 heterocycles. The van der Waals surface area contributed by atoms with Gasteiger partial charge in [-0.1, -0.05) is 36.1 Å². The lowest BCUT2D eigenvalue weighted by molar-refractivity contribution is 0.0697. The van der Waals surface area contributed by atoms with Crippen molar-refractivity contribution in [2.45, 2.75) is 19.4 Å². The van der Waals surface area contributed by atoms with Crippen molar-refractivity contribution in [3.8, 4) is 11.8 Å². The van der Waals surface area contributed by atoms with Crippen molar-refractivity contribution in [2.75, 3.05) is 0 Å². The molecule has 164 valence electrons. The van der Waals surface area contributed by atoms with Gasteiger partial charge >= 0.3 is 11.7 Å². The molecule has 1 atom stereocenters. The number of nitrogens with one attached hydrogen (secondary N) is 1. The maximum Gasteiger partial charge on any atom is 0.335 e. The second-order valence-electron chi connectivity index (χ2n) is 7.57. The molecule has 2 N–H and O–H groups in total. The van der Waals surface area contributed by atoms with Crippen LogP contribution in [0.25, 0.3) is 10.9 Å². The van der Waals surface area contributed by atoms with Gasteiger partial charge in [0, 0.05) is 12.0 Å². The highest BCUT2D eigenvalue weighted by Crippen LogP contribution is 2.17. The Labute approximate surface area is 188 Å². The molecule has 0 aliphatic rings. The molecule has 4 rings (SSSR count). The van der Waals surface area contributed by atoms with Crippen LogP contribution < -0.4 is 11.2 Å². The van der Waals surface area contributed by atoms with Crippen molar-refractivity contribution in [1.82, 2.24) is 9.55 Å². The van der Waals surface area contributed by atoms with Gasteiger partial charge in [-0.05, 0) is 60.5 Å². The predicted octanol–water partition coefficient (Wildman–Crippen LogP) is 3.73. The van der Waals surface area contributed by atoms with Crippen LogP contribution >= 0.6 is 0 Å². The van der Waals surface area contributed by atoms with Gasteiger partial charge < -0.3 is 10.1 Å². The van der Waals surface area contributed by atoms with Gasteiger partial charge in [0.2, 0.25) is 0 Å². The Hall–Kier alpha value is -4.44. The van der Waals surface area contributed by atoms with Gasteiger partial charge in [-0.2, -0.15) is 0 Å². The third-order valence-electron chi connectivity index (χ3n) is 5.40. The second kappa shape index (κ2) is 8.97. The molecule has 3 aromatic carbocycles. The van der Waals surface area contributed by atoms with Crippen molar-refractivity contribution >= 4 is 16.9 Å². The van der Waals surface area contributed by atoms with Gasteiger partial charge in [0.25, 0.3) is 5.56 Å². The monoisotopic (exact) mass is 442 g/mol. The lowest BCUT2D eigenvalue weighted by atomic mass is 10.1. The zero-order valence-electron chi connectivity index (χ0n) is 17.6. The Balaban J connectivity index is 1.68. The van der Waals surface area contributed by atoms with Crippen LogP contribution in [0.2, 0.25) is 0 Å². The average molecular weight is 442 g/mol. The molecular weight excluding hydrogens is 423 g/mol. The van der Waals surface area contributed by atoms with Crippen LogP contribution in [0, 0.1) is 17.7 Å². The quantitative estimate of drug-likeness (QED) is 0.471. The minimum atomic E-state index is -1.05. The summed E-state index contributed by atoms with van der Waals surface area (Å²) in [5, 5.41) is 9.38. The molecule has 33 heavy (non-hydrogen) atoms. The van der Waals surface area contributed by atoms with Gasteiger partial charge in [-0.15, -0.1) is 0 Å². The summed E-state index contributed by atoms with van der Waals surface area (Å²) in [4.78, 5) is 39.6. The van der Waals surface area contributed by atoms with E-state index in [-0.39, 0.29) is 11.4 Å². The summed E-state index contributed by atoms with van der Waals surface area (Å²) in [6.07, 6.45) is 0.428. The number of aromatic nitrogens is 2. The number of hydrogen-bond donors (Lipinski definition) is 2. The Morgan fingerprint density at radius 3 is 2.42 bits per heavy atom. The Morgan fingerprint density at radius 2 is 1.76 bits per heavy atom. The molecule has 0 spiro atoms. The topological polar surface area (TPSA) is 92.2 Å². The molecule has 0 fully saturated rings. The molecule has 1 unspecified atom stereocenters. The largest absolute Gasteiger partial charge is 0.478 e. The molecule has 7 heteroatoms. The first-order valence-electron chi connectivity index (χ1n) is 10.2. The van der Waals surface area contributed by atoms with Crippen LogP contribution in [0.15, 0.2) is 76.3 Å². The van der Waals surface area contributed by atoms with E-state index in [4.69, 9.17) is 5.11 Å². The number of hydrogen-bond acceptors (Lipinski definition) is 3. The third kappa shape index (κ3) is 4.60. The van der Waals surface area contributed by atoms with E-state index in [1.54, 1.807) is 49.4 Å². The van der Waals surface area contributed by atoms with Crippen LogP contribution in [0.4, 0.5) is 4.39 Å². The Kier molecular flexibility index (Phi) is 5.92. The van der Waals surface area contributed by atoms with Crippen molar-refractivity contribution in [3.63, 3.8) is 0 Å². The molecular formula is C26H19FN2O4. The van der Waals surface area contributed by atoms with Crippen molar-refractivity contribution < 1.29 is 14.3 Å². The highest BCUT2D eigenvalue weighted by Gasteiger charge is 2.16. The van der Waals surface area contributed by atoms with Crippen LogP contribution in [0.1, 0.15) is 40.0 Å². The minimum absolute atomic E-state index is 0.120. The number of carboxylic acids is 1. The van der Waals surface area contributed by atoms with E-state index < -0.39 is 23.3 Å². The van der Waals surface area contributed by atoms with E-state index >= 15 is 0 Å². The fraction of sp³-hybridized carbons (Fsp3) is 0.115. The molecule has 0 saturated carbocycles. The molecule has 0 radical (unpaired) electrons. The number of halogens is 1. The number of benzene rings is 3. The summed E-state index contributed by atoms with van der Waals surface area (Å²) in [6, 6.07) is 16.5. The standard InChI is InChI=1S/C26H19FN2O4/c1-16(19-8-10-20(11-9-19)25(31)32)29-24(30)22-15-18(7-14-23(22)28-26(29)33)4-2-3-17-5-12-21(27)13-6-17/h5-16H,3H2,1H3,(H,28,33)(H,31,32). The number of H-pyrrole nitrogens is 1.